The van der Waals surface area contributed by atoms with Crippen molar-refractivity contribution in [1.29, 1.82) is 0 Å². The Morgan fingerprint density at radius 3 is 3.17 bits per heavy atom. The summed E-state index contributed by atoms with van der Waals surface area (Å²) in [5.41, 5.74) is 2.43. The fraction of sp³-hybridized carbons (Fsp3) is 0.429. The standard InChI is InChI=1S/C14H17N3O/c1-9(18)15-7-10-6-12(10)11-4-3-5-14-13(11)8-17(2)16-14/h3-5,8,10,12H,6-7H2,1-2H3,(H,15,18)/t10-,12+/m0/s1. The van der Waals surface area contributed by atoms with E-state index < -0.39 is 0 Å². The molecule has 0 spiro atoms. The molecule has 1 aromatic heterocycles. The van der Waals surface area contributed by atoms with E-state index in [1.165, 1.54) is 10.9 Å². The van der Waals surface area contributed by atoms with Crippen LogP contribution in [0.5, 0.6) is 0 Å². The van der Waals surface area contributed by atoms with Gasteiger partial charge in [-0.3, -0.25) is 9.48 Å². The monoisotopic (exact) mass is 243 g/mol. The summed E-state index contributed by atoms with van der Waals surface area (Å²) in [5, 5.41) is 8.58. The molecule has 0 unspecified atom stereocenters. The normalized spacial score (nSPS) is 22.1. The summed E-state index contributed by atoms with van der Waals surface area (Å²) >= 11 is 0. The number of carbonyl (C=O) groups is 1. The maximum Gasteiger partial charge on any atom is 0.216 e. The van der Waals surface area contributed by atoms with Crippen LogP contribution in [0.25, 0.3) is 10.9 Å². The van der Waals surface area contributed by atoms with E-state index in [0.29, 0.717) is 11.8 Å². The van der Waals surface area contributed by atoms with Gasteiger partial charge >= 0.3 is 0 Å². The fourth-order valence-electron chi connectivity index (χ4n) is 2.64. The van der Waals surface area contributed by atoms with E-state index in [2.05, 4.69) is 28.7 Å². The molecule has 2 atom stereocenters. The molecule has 1 amide bonds. The van der Waals surface area contributed by atoms with Gasteiger partial charge in [0.15, 0.2) is 0 Å². The van der Waals surface area contributed by atoms with Gasteiger partial charge in [-0.1, -0.05) is 12.1 Å². The minimum Gasteiger partial charge on any atom is -0.356 e. The van der Waals surface area contributed by atoms with Crippen molar-refractivity contribution in [2.45, 2.75) is 19.3 Å². The maximum absolute atomic E-state index is 10.9. The predicted molar refractivity (Wildman–Crippen MR) is 70.2 cm³/mol. The number of nitrogens with zero attached hydrogens (tertiary/aromatic N) is 2. The van der Waals surface area contributed by atoms with Crippen molar-refractivity contribution in [2.75, 3.05) is 6.54 Å². The lowest BCUT2D eigenvalue weighted by Crippen LogP contribution is -2.22. The second-order valence-electron chi connectivity index (χ2n) is 5.12. The molecule has 1 aromatic carbocycles. The Hall–Kier alpha value is -1.84. The summed E-state index contributed by atoms with van der Waals surface area (Å²) in [7, 11) is 1.95. The van der Waals surface area contributed by atoms with E-state index >= 15 is 0 Å². The first-order valence-electron chi connectivity index (χ1n) is 6.32. The van der Waals surface area contributed by atoms with E-state index in [-0.39, 0.29) is 5.91 Å². The van der Waals surface area contributed by atoms with Gasteiger partial charge in [0, 0.05) is 32.1 Å². The van der Waals surface area contributed by atoms with E-state index in [9.17, 15) is 4.79 Å². The smallest absolute Gasteiger partial charge is 0.216 e. The van der Waals surface area contributed by atoms with Gasteiger partial charge < -0.3 is 5.32 Å². The van der Waals surface area contributed by atoms with Gasteiger partial charge in [0.05, 0.1) is 5.52 Å². The fourth-order valence-corrected chi connectivity index (χ4v) is 2.64. The molecule has 4 nitrogen and oxygen atoms in total. The van der Waals surface area contributed by atoms with Gasteiger partial charge in [0.2, 0.25) is 5.91 Å². The van der Waals surface area contributed by atoms with Crippen LogP contribution in [0.1, 0.15) is 24.8 Å². The molecule has 0 saturated heterocycles. The average molecular weight is 243 g/mol. The lowest BCUT2D eigenvalue weighted by atomic mass is 10.0. The minimum atomic E-state index is 0.0558. The lowest BCUT2D eigenvalue weighted by molar-refractivity contribution is -0.119. The SMILES string of the molecule is CC(=O)NC[C@@H]1C[C@H]1c1cccc2nn(C)cc12. The zero-order chi connectivity index (χ0) is 12.7. The summed E-state index contributed by atoms with van der Waals surface area (Å²) in [6, 6.07) is 6.30. The Kier molecular flexibility index (Phi) is 2.58. The van der Waals surface area contributed by atoms with Crippen molar-refractivity contribution in [3.05, 3.63) is 30.0 Å². The van der Waals surface area contributed by atoms with Crippen molar-refractivity contribution in [1.82, 2.24) is 15.1 Å². The number of aromatic nitrogens is 2. The first-order valence-corrected chi connectivity index (χ1v) is 6.32. The molecule has 3 rings (SSSR count). The molecule has 1 heterocycles. The van der Waals surface area contributed by atoms with Gasteiger partial charge in [0.1, 0.15) is 0 Å². The molecule has 1 N–H and O–H groups in total. The van der Waals surface area contributed by atoms with Gasteiger partial charge in [0.25, 0.3) is 0 Å². The highest BCUT2D eigenvalue weighted by molar-refractivity contribution is 5.82. The van der Waals surface area contributed by atoms with Crippen LogP contribution in [0.2, 0.25) is 0 Å². The number of hydrogen-bond acceptors (Lipinski definition) is 2. The molecule has 1 saturated carbocycles. The first kappa shape index (κ1) is 11.3. The molecule has 0 bridgehead atoms. The Balaban J connectivity index is 1.81. The van der Waals surface area contributed by atoms with E-state index in [0.717, 1.165) is 18.5 Å². The largest absolute Gasteiger partial charge is 0.356 e. The number of aryl methyl sites for hydroxylation is 1. The topological polar surface area (TPSA) is 46.9 Å². The third-order valence-electron chi connectivity index (χ3n) is 3.63. The Morgan fingerprint density at radius 1 is 1.56 bits per heavy atom. The average Bonchev–Trinajstić information content (AvgIpc) is 2.98. The minimum absolute atomic E-state index is 0.0558. The molecule has 2 aromatic rings. The number of carbonyl (C=O) groups excluding carboxylic acids is 1. The first-order chi connectivity index (χ1) is 8.65. The molecule has 1 aliphatic carbocycles. The highest BCUT2D eigenvalue weighted by Gasteiger charge is 2.39. The van der Waals surface area contributed by atoms with Gasteiger partial charge in [-0.2, -0.15) is 5.10 Å². The molecule has 0 aliphatic heterocycles. The maximum atomic E-state index is 10.9. The van der Waals surface area contributed by atoms with Crippen LogP contribution < -0.4 is 5.32 Å². The van der Waals surface area contributed by atoms with Crippen molar-refractivity contribution in [2.24, 2.45) is 13.0 Å². The molecule has 94 valence electrons. The third-order valence-corrected chi connectivity index (χ3v) is 3.63. The zero-order valence-corrected chi connectivity index (χ0v) is 10.7. The van der Waals surface area contributed by atoms with E-state index in [4.69, 9.17) is 0 Å². The molecule has 1 fully saturated rings. The summed E-state index contributed by atoms with van der Waals surface area (Å²) in [6.45, 7) is 2.36. The van der Waals surface area contributed by atoms with Gasteiger partial charge in [-0.15, -0.1) is 0 Å². The summed E-state index contributed by atoms with van der Waals surface area (Å²) < 4.78 is 1.86. The Labute approximate surface area is 106 Å². The van der Waals surface area contributed by atoms with Crippen LogP contribution in [0, 0.1) is 5.92 Å². The van der Waals surface area contributed by atoms with E-state index in [1.807, 2.05) is 17.8 Å². The van der Waals surface area contributed by atoms with Crippen LogP contribution in [-0.2, 0) is 11.8 Å². The Bertz CT molecular complexity index is 602. The highest BCUT2D eigenvalue weighted by atomic mass is 16.1. The number of fused-ring (bicyclic) bond motifs is 1. The molecule has 1 aliphatic rings. The van der Waals surface area contributed by atoms with Crippen molar-refractivity contribution >= 4 is 16.8 Å². The summed E-state index contributed by atoms with van der Waals surface area (Å²) in [5.74, 6) is 1.21. The molecular formula is C14H17N3O. The highest BCUT2D eigenvalue weighted by Crippen LogP contribution is 2.48. The second kappa shape index (κ2) is 4.12. The summed E-state index contributed by atoms with van der Waals surface area (Å²) in [6.07, 6.45) is 3.24. The number of rotatable bonds is 3. The van der Waals surface area contributed by atoms with Crippen LogP contribution in [-0.4, -0.2) is 22.2 Å². The van der Waals surface area contributed by atoms with Crippen LogP contribution >= 0.6 is 0 Å². The van der Waals surface area contributed by atoms with Crippen LogP contribution in [0.4, 0.5) is 0 Å². The second-order valence-corrected chi connectivity index (χ2v) is 5.12. The van der Waals surface area contributed by atoms with E-state index in [1.54, 1.807) is 6.92 Å². The van der Waals surface area contributed by atoms with Crippen LogP contribution in [0.3, 0.4) is 0 Å². The van der Waals surface area contributed by atoms with Gasteiger partial charge in [-0.05, 0) is 29.9 Å². The van der Waals surface area contributed by atoms with Crippen LogP contribution in [0.15, 0.2) is 24.4 Å². The van der Waals surface area contributed by atoms with Crippen molar-refractivity contribution in [3.8, 4) is 0 Å². The van der Waals surface area contributed by atoms with Gasteiger partial charge in [-0.25, -0.2) is 0 Å². The predicted octanol–water partition coefficient (Wildman–Crippen LogP) is 1.81. The molecule has 0 radical (unpaired) electrons. The Morgan fingerprint density at radius 2 is 2.39 bits per heavy atom. The molecule has 18 heavy (non-hydrogen) atoms. The lowest BCUT2D eigenvalue weighted by Gasteiger charge is -2.03. The molecular weight excluding hydrogens is 226 g/mol. The third kappa shape index (κ3) is 1.98. The summed E-state index contributed by atoms with van der Waals surface area (Å²) in [4.78, 5) is 10.9. The quantitative estimate of drug-likeness (QED) is 0.893. The number of hydrogen-bond donors (Lipinski definition) is 1. The number of benzene rings is 1. The van der Waals surface area contributed by atoms with Crippen molar-refractivity contribution < 1.29 is 4.79 Å². The number of nitrogens with one attached hydrogen (secondary N) is 1. The zero-order valence-electron chi connectivity index (χ0n) is 10.7. The van der Waals surface area contributed by atoms with Crippen molar-refractivity contribution in [3.63, 3.8) is 0 Å². The molecule has 4 heteroatoms. The number of amides is 1.